The zero-order valence-electron chi connectivity index (χ0n) is 9.83. The van der Waals surface area contributed by atoms with Crippen molar-refractivity contribution in [2.75, 3.05) is 13.1 Å². The Bertz CT molecular complexity index is 444. The van der Waals surface area contributed by atoms with Gasteiger partial charge in [0.05, 0.1) is 0 Å². The van der Waals surface area contributed by atoms with Gasteiger partial charge in [-0.25, -0.2) is 4.79 Å². The minimum atomic E-state index is 0.0647. The average molecular weight is 231 g/mol. The standard InChI is InChI=1S/C13H17N3O/c17-13-15-4-1-5-16(13)9-10-2-3-11-7-14-8-12(11)6-10/h2-3,6,14H,1,4-5,7-9H2,(H,15,17). The second-order valence-corrected chi connectivity index (χ2v) is 4.71. The molecule has 0 aromatic heterocycles. The van der Waals surface area contributed by atoms with Gasteiger partial charge in [-0.1, -0.05) is 18.2 Å². The Morgan fingerprint density at radius 2 is 2.12 bits per heavy atom. The predicted molar refractivity (Wildman–Crippen MR) is 65.4 cm³/mol. The first-order valence-electron chi connectivity index (χ1n) is 6.17. The van der Waals surface area contributed by atoms with Gasteiger partial charge in [0.1, 0.15) is 0 Å². The van der Waals surface area contributed by atoms with Crippen molar-refractivity contribution < 1.29 is 4.79 Å². The fraction of sp³-hybridized carbons (Fsp3) is 0.462. The van der Waals surface area contributed by atoms with Crippen molar-refractivity contribution in [3.8, 4) is 0 Å². The molecular formula is C13H17N3O. The SMILES string of the molecule is O=C1NCCCN1Cc1ccc2c(c1)CNC2. The Morgan fingerprint density at radius 1 is 1.24 bits per heavy atom. The Labute approximate surface area is 101 Å². The summed E-state index contributed by atoms with van der Waals surface area (Å²) >= 11 is 0. The Hall–Kier alpha value is -1.55. The second kappa shape index (κ2) is 4.37. The molecule has 0 aliphatic carbocycles. The van der Waals surface area contributed by atoms with Gasteiger partial charge in [0, 0.05) is 32.7 Å². The van der Waals surface area contributed by atoms with Gasteiger partial charge in [-0.15, -0.1) is 0 Å². The van der Waals surface area contributed by atoms with Crippen molar-refractivity contribution in [1.82, 2.24) is 15.5 Å². The molecule has 0 radical (unpaired) electrons. The third-order valence-corrected chi connectivity index (χ3v) is 3.44. The first-order chi connectivity index (χ1) is 8.33. The highest BCUT2D eigenvalue weighted by molar-refractivity contribution is 5.74. The van der Waals surface area contributed by atoms with E-state index in [0.29, 0.717) is 0 Å². The fourth-order valence-corrected chi connectivity index (χ4v) is 2.50. The van der Waals surface area contributed by atoms with Gasteiger partial charge >= 0.3 is 6.03 Å². The van der Waals surface area contributed by atoms with Gasteiger partial charge < -0.3 is 15.5 Å². The van der Waals surface area contributed by atoms with Gasteiger partial charge in [-0.05, 0) is 23.1 Å². The van der Waals surface area contributed by atoms with E-state index in [1.165, 1.54) is 16.7 Å². The summed E-state index contributed by atoms with van der Waals surface area (Å²) < 4.78 is 0. The summed E-state index contributed by atoms with van der Waals surface area (Å²) in [5, 5.41) is 6.21. The van der Waals surface area contributed by atoms with Crippen LogP contribution in [0.2, 0.25) is 0 Å². The molecule has 0 bridgehead atoms. The number of rotatable bonds is 2. The number of amides is 2. The summed E-state index contributed by atoms with van der Waals surface area (Å²) in [5.41, 5.74) is 3.99. The Balaban J connectivity index is 1.74. The van der Waals surface area contributed by atoms with Crippen LogP contribution in [0.15, 0.2) is 18.2 Å². The lowest BCUT2D eigenvalue weighted by Gasteiger charge is -2.27. The van der Waals surface area contributed by atoms with E-state index in [1.54, 1.807) is 0 Å². The lowest BCUT2D eigenvalue weighted by Crippen LogP contribution is -2.45. The maximum Gasteiger partial charge on any atom is 0.317 e. The molecule has 0 atom stereocenters. The lowest BCUT2D eigenvalue weighted by atomic mass is 10.1. The maximum absolute atomic E-state index is 11.6. The molecular weight excluding hydrogens is 214 g/mol. The zero-order valence-corrected chi connectivity index (χ0v) is 9.83. The third kappa shape index (κ3) is 2.13. The minimum Gasteiger partial charge on any atom is -0.338 e. The molecule has 0 saturated carbocycles. The van der Waals surface area contributed by atoms with Crippen molar-refractivity contribution in [2.24, 2.45) is 0 Å². The molecule has 1 saturated heterocycles. The van der Waals surface area contributed by atoms with E-state index in [9.17, 15) is 4.79 Å². The van der Waals surface area contributed by atoms with Crippen molar-refractivity contribution in [3.05, 3.63) is 34.9 Å². The van der Waals surface area contributed by atoms with Crippen LogP contribution in [0, 0.1) is 0 Å². The molecule has 1 fully saturated rings. The highest BCUT2D eigenvalue weighted by Crippen LogP contribution is 2.18. The van der Waals surface area contributed by atoms with Crippen LogP contribution < -0.4 is 10.6 Å². The number of fused-ring (bicyclic) bond motifs is 1. The predicted octanol–water partition coefficient (Wildman–Crippen LogP) is 1.21. The molecule has 4 heteroatoms. The van der Waals surface area contributed by atoms with Crippen LogP contribution in [-0.4, -0.2) is 24.0 Å². The number of benzene rings is 1. The highest BCUT2D eigenvalue weighted by atomic mass is 16.2. The highest BCUT2D eigenvalue weighted by Gasteiger charge is 2.18. The number of carbonyl (C=O) groups is 1. The molecule has 1 aromatic rings. The lowest BCUT2D eigenvalue weighted by molar-refractivity contribution is 0.183. The van der Waals surface area contributed by atoms with Crippen molar-refractivity contribution in [3.63, 3.8) is 0 Å². The van der Waals surface area contributed by atoms with E-state index >= 15 is 0 Å². The van der Waals surface area contributed by atoms with Crippen molar-refractivity contribution >= 4 is 6.03 Å². The monoisotopic (exact) mass is 231 g/mol. The molecule has 1 aromatic carbocycles. The molecule has 17 heavy (non-hydrogen) atoms. The van der Waals surface area contributed by atoms with E-state index in [4.69, 9.17) is 0 Å². The quantitative estimate of drug-likeness (QED) is 0.803. The van der Waals surface area contributed by atoms with Crippen LogP contribution in [-0.2, 0) is 19.6 Å². The van der Waals surface area contributed by atoms with Crippen LogP contribution in [0.25, 0.3) is 0 Å². The van der Waals surface area contributed by atoms with E-state index in [2.05, 4.69) is 28.8 Å². The van der Waals surface area contributed by atoms with E-state index in [-0.39, 0.29) is 6.03 Å². The first kappa shape index (κ1) is 10.6. The average Bonchev–Trinajstić information content (AvgIpc) is 2.79. The molecule has 3 rings (SSSR count). The minimum absolute atomic E-state index is 0.0647. The molecule has 2 aliphatic rings. The van der Waals surface area contributed by atoms with Gasteiger partial charge in [0.15, 0.2) is 0 Å². The number of hydrogen-bond acceptors (Lipinski definition) is 2. The summed E-state index contributed by atoms with van der Waals surface area (Å²) in [6, 6.07) is 6.59. The normalized spacial score (nSPS) is 19.1. The number of nitrogens with zero attached hydrogens (tertiary/aromatic N) is 1. The molecule has 2 heterocycles. The maximum atomic E-state index is 11.6. The topological polar surface area (TPSA) is 44.4 Å². The largest absolute Gasteiger partial charge is 0.338 e. The van der Waals surface area contributed by atoms with E-state index < -0.39 is 0 Å². The fourth-order valence-electron chi connectivity index (χ4n) is 2.50. The van der Waals surface area contributed by atoms with E-state index in [1.807, 2.05) is 4.90 Å². The smallest absolute Gasteiger partial charge is 0.317 e. The molecule has 2 aliphatic heterocycles. The first-order valence-corrected chi connectivity index (χ1v) is 6.17. The number of nitrogens with one attached hydrogen (secondary N) is 2. The van der Waals surface area contributed by atoms with Crippen LogP contribution in [0.3, 0.4) is 0 Å². The molecule has 90 valence electrons. The molecule has 2 N–H and O–H groups in total. The molecule has 2 amide bonds. The summed E-state index contributed by atoms with van der Waals surface area (Å²) in [6.45, 7) is 4.32. The van der Waals surface area contributed by atoms with Crippen LogP contribution in [0.5, 0.6) is 0 Å². The van der Waals surface area contributed by atoms with Gasteiger partial charge in [-0.3, -0.25) is 0 Å². The number of hydrogen-bond donors (Lipinski definition) is 2. The van der Waals surface area contributed by atoms with Crippen LogP contribution in [0.1, 0.15) is 23.1 Å². The summed E-state index contributed by atoms with van der Waals surface area (Å²) in [5.74, 6) is 0. The molecule has 0 unspecified atom stereocenters. The Kier molecular flexibility index (Phi) is 2.73. The van der Waals surface area contributed by atoms with E-state index in [0.717, 1.165) is 39.1 Å². The van der Waals surface area contributed by atoms with Crippen LogP contribution in [0.4, 0.5) is 4.79 Å². The number of urea groups is 1. The summed E-state index contributed by atoms with van der Waals surface area (Å²) in [6.07, 6.45) is 1.04. The van der Waals surface area contributed by atoms with Gasteiger partial charge in [0.2, 0.25) is 0 Å². The molecule has 4 nitrogen and oxygen atoms in total. The number of carbonyl (C=O) groups excluding carboxylic acids is 1. The van der Waals surface area contributed by atoms with Gasteiger partial charge in [-0.2, -0.15) is 0 Å². The summed E-state index contributed by atoms with van der Waals surface area (Å²) in [7, 11) is 0. The van der Waals surface area contributed by atoms with Gasteiger partial charge in [0.25, 0.3) is 0 Å². The Morgan fingerprint density at radius 3 is 3.00 bits per heavy atom. The zero-order chi connectivity index (χ0) is 11.7. The second-order valence-electron chi connectivity index (χ2n) is 4.71. The van der Waals surface area contributed by atoms with Crippen molar-refractivity contribution in [1.29, 1.82) is 0 Å². The molecule has 0 spiro atoms. The summed E-state index contributed by atoms with van der Waals surface area (Å²) in [4.78, 5) is 13.5. The van der Waals surface area contributed by atoms with Crippen LogP contribution >= 0.6 is 0 Å². The third-order valence-electron chi connectivity index (χ3n) is 3.44. The van der Waals surface area contributed by atoms with Crippen molar-refractivity contribution in [2.45, 2.75) is 26.1 Å².